The smallest absolute Gasteiger partial charge is 0.207 e. The molecular formula is C13H23N3O3S. The van der Waals surface area contributed by atoms with Gasteiger partial charge >= 0.3 is 0 Å². The van der Waals surface area contributed by atoms with E-state index in [1.165, 1.54) is 12.1 Å². The third-order valence-corrected chi connectivity index (χ3v) is 5.27. The summed E-state index contributed by atoms with van der Waals surface area (Å²) in [5.41, 5.74) is 3.11. The maximum absolute atomic E-state index is 12.5. The molecule has 7 heteroatoms. The zero-order valence-electron chi connectivity index (χ0n) is 12.4. The Bertz CT molecular complexity index is 524. The summed E-state index contributed by atoms with van der Waals surface area (Å²) in [5, 5.41) is 0. The van der Waals surface area contributed by atoms with Crippen molar-refractivity contribution in [3.63, 3.8) is 0 Å². The number of sulfone groups is 1. The Kier molecular flexibility index (Phi) is 5.52. The molecule has 1 aromatic rings. The minimum absolute atomic E-state index is 0.214. The van der Waals surface area contributed by atoms with Crippen LogP contribution in [0.3, 0.4) is 0 Å². The summed E-state index contributed by atoms with van der Waals surface area (Å²) in [6.07, 6.45) is 0. The molecule has 0 amide bonds. The lowest BCUT2D eigenvalue weighted by Gasteiger charge is -2.26. The highest BCUT2D eigenvalue weighted by Crippen LogP contribution is 2.27. The van der Waals surface area contributed by atoms with Gasteiger partial charge in [-0.2, -0.15) is 0 Å². The summed E-state index contributed by atoms with van der Waals surface area (Å²) in [7, 11) is 0.242. The number of anilines is 1. The van der Waals surface area contributed by atoms with Crippen LogP contribution in [-0.4, -0.2) is 45.5 Å². The summed E-state index contributed by atoms with van der Waals surface area (Å²) in [4.78, 5) is 0.872. The number of nitrogens with zero attached hydrogens (tertiary/aromatic N) is 1. The van der Waals surface area contributed by atoms with Crippen LogP contribution in [0.4, 0.5) is 5.69 Å². The molecule has 0 saturated carbocycles. The average Bonchev–Trinajstić information content (AvgIpc) is 2.38. The first-order chi connectivity index (χ1) is 9.20. The van der Waals surface area contributed by atoms with E-state index in [2.05, 4.69) is 5.43 Å². The van der Waals surface area contributed by atoms with Gasteiger partial charge in [0.05, 0.1) is 11.5 Å². The van der Waals surface area contributed by atoms with Crippen LogP contribution in [-0.2, 0) is 14.6 Å². The molecule has 0 spiro atoms. The summed E-state index contributed by atoms with van der Waals surface area (Å²) in [6, 6.07) is 6.26. The van der Waals surface area contributed by atoms with E-state index in [0.717, 1.165) is 0 Å². The SMILES string of the molecule is CN(C)CCOC(C)(C)S(=O)(=O)c1ccc(NN)cc1. The number of nitrogens with two attached hydrogens (primary N) is 1. The number of hydrogen-bond donors (Lipinski definition) is 2. The molecule has 0 unspecified atom stereocenters. The number of hydrazine groups is 1. The topological polar surface area (TPSA) is 84.7 Å². The van der Waals surface area contributed by atoms with E-state index in [1.54, 1.807) is 26.0 Å². The van der Waals surface area contributed by atoms with Crippen molar-refractivity contribution >= 4 is 15.5 Å². The lowest BCUT2D eigenvalue weighted by molar-refractivity contribution is 0.0358. The van der Waals surface area contributed by atoms with Crippen molar-refractivity contribution < 1.29 is 13.2 Å². The molecule has 6 nitrogen and oxygen atoms in total. The number of hydrogen-bond acceptors (Lipinski definition) is 6. The van der Waals surface area contributed by atoms with E-state index in [9.17, 15) is 8.42 Å². The number of nitrogens with one attached hydrogen (secondary N) is 1. The van der Waals surface area contributed by atoms with Crippen molar-refractivity contribution in [3.05, 3.63) is 24.3 Å². The first kappa shape index (κ1) is 16.9. The Balaban J connectivity index is 2.89. The second-order valence-corrected chi connectivity index (χ2v) is 7.69. The molecule has 1 rings (SSSR count). The van der Waals surface area contributed by atoms with Crippen LogP contribution >= 0.6 is 0 Å². The van der Waals surface area contributed by atoms with Gasteiger partial charge in [-0.15, -0.1) is 0 Å². The molecule has 0 aliphatic carbocycles. The summed E-state index contributed by atoms with van der Waals surface area (Å²) >= 11 is 0. The standard InChI is InChI=1S/C13H23N3O3S/c1-13(2,19-10-9-16(3)4)20(17,18)12-7-5-11(15-14)6-8-12/h5-8,15H,9-10,14H2,1-4H3. The van der Waals surface area contributed by atoms with Crippen molar-refractivity contribution in [2.75, 3.05) is 32.7 Å². The zero-order valence-corrected chi connectivity index (χ0v) is 13.2. The van der Waals surface area contributed by atoms with Crippen molar-refractivity contribution in [2.45, 2.75) is 23.7 Å². The van der Waals surface area contributed by atoms with E-state index in [-0.39, 0.29) is 4.90 Å². The third kappa shape index (κ3) is 3.92. The summed E-state index contributed by atoms with van der Waals surface area (Å²) in [6.45, 7) is 4.14. The summed E-state index contributed by atoms with van der Waals surface area (Å²) in [5.74, 6) is 5.26. The van der Waals surface area contributed by atoms with Crippen LogP contribution in [0.25, 0.3) is 0 Å². The molecule has 0 bridgehead atoms. The lowest BCUT2D eigenvalue weighted by atomic mass is 10.3. The van der Waals surface area contributed by atoms with E-state index in [4.69, 9.17) is 10.6 Å². The Morgan fingerprint density at radius 2 is 1.80 bits per heavy atom. The Labute approximate surface area is 120 Å². The normalized spacial score (nSPS) is 12.7. The molecule has 1 aromatic carbocycles. The number of likely N-dealkylation sites (N-methyl/N-ethyl adjacent to an activating group) is 1. The highest BCUT2D eigenvalue weighted by molar-refractivity contribution is 7.92. The molecule has 0 fully saturated rings. The van der Waals surface area contributed by atoms with Crippen LogP contribution in [0.5, 0.6) is 0 Å². The molecule has 114 valence electrons. The van der Waals surface area contributed by atoms with Gasteiger partial charge < -0.3 is 15.1 Å². The monoisotopic (exact) mass is 301 g/mol. The fraction of sp³-hybridized carbons (Fsp3) is 0.538. The quantitative estimate of drug-likeness (QED) is 0.579. The molecular weight excluding hydrogens is 278 g/mol. The van der Waals surface area contributed by atoms with Crippen molar-refractivity contribution in [1.29, 1.82) is 0 Å². The number of nitrogen functional groups attached to an aromatic ring is 1. The molecule has 0 saturated heterocycles. The molecule has 0 radical (unpaired) electrons. The third-order valence-electron chi connectivity index (χ3n) is 2.97. The van der Waals surface area contributed by atoms with Gasteiger partial charge in [0.25, 0.3) is 0 Å². The van der Waals surface area contributed by atoms with Crippen LogP contribution in [0.2, 0.25) is 0 Å². The first-order valence-electron chi connectivity index (χ1n) is 6.31. The minimum Gasteiger partial charge on any atom is -0.358 e. The van der Waals surface area contributed by atoms with Gasteiger partial charge in [-0.05, 0) is 52.2 Å². The molecule has 0 atom stereocenters. The molecule has 0 aliphatic heterocycles. The highest BCUT2D eigenvalue weighted by Gasteiger charge is 2.36. The van der Waals surface area contributed by atoms with Gasteiger partial charge in [-0.3, -0.25) is 5.84 Å². The second kappa shape index (κ2) is 6.53. The van der Waals surface area contributed by atoms with Crippen LogP contribution < -0.4 is 11.3 Å². The zero-order chi connectivity index (χ0) is 15.4. The van der Waals surface area contributed by atoms with Crippen molar-refractivity contribution in [3.8, 4) is 0 Å². The molecule has 0 aromatic heterocycles. The van der Waals surface area contributed by atoms with Crippen molar-refractivity contribution in [1.82, 2.24) is 4.90 Å². The van der Waals surface area contributed by atoms with Gasteiger partial charge in [0.2, 0.25) is 9.84 Å². The van der Waals surface area contributed by atoms with Gasteiger partial charge in [-0.25, -0.2) is 8.42 Å². The lowest BCUT2D eigenvalue weighted by Crippen LogP contribution is -2.37. The minimum atomic E-state index is -3.57. The second-order valence-electron chi connectivity index (χ2n) is 5.22. The Morgan fingerprint density at radius 3 is 2.25 bits per heavy atom. The van der Waals surface area contributed by atoms with Gasteiger partial charge in [0.15, 0.2) is 4.93 Å². The molecule has 0 heterocycles. The largest absolute Gasteiger partial charge is 0.358 e. The maximum Gasteiger partial charge on any atom is 0.207 e. The van der Waals surface area contributed by atoms with Crippen LogP contribution in [0.15, 0.2) is 29.2 Å². The number of rotatable bonds is 7. The maximum atomic E-state index is 12.5. The molecule has 3 N–H and O–H groups in total. The van der Waals surface area contributed by atoms with Crippen LogP contribution in [0.1, 0.15) is 13.8 Å². The van der Waals surface area contributed by atoms with Gasteiger partial charge in [0.1, 0.15) is 0 Å². The Morgan fingerprint density at radius 1 is 1.25 bits per heavy atom. The fourth-order valence-corrected chi connectivity index (χ4v) is 2.87. The summed E-state index contributed by atoms with van der Waals surface area (Å²) < 4.78 is 30.6. The molecule has 0 aliphatic rings. The van der Waals surface area contributed by atoms with Crippen LogP contribution in [0, 0.1) is 0 Å². The van der Waals surface area contributed by atoms with Gasteiger partial charge in [0, 0.05) is 12.2 Å². The van der Waals surface area contributed by atoms with E-state index >= 15 is 0 Å². The van der Waals surface area contributed by atoms with E-state index in [1.807, 2.05) is 19.0 Å². The van der Waals surface area contributed by atoms with Gasteiger partial charge in [-0.1, -0.05) is 0 Å². The Hall–Kier alpha value is -1.15. The van der Waals surface area contributed by atoms with Crippen molar-refractivity contribution in [2.24, 2.45) is 5.84 Å². The van der Waals surface area contributed by atoms with E-state index < -0.39 is 14.8 Å². The molecule has 20 heavy (non-hydrogen) atoms. The fourth-order valence-electron chi connectivity index (χ4n) is 1.57. The number of benzene rings is 1. The van der Waals surface area contributed by atoms with E-state index in [0.29, 0.717) is 18.8 Å². The number of ether oxygens (including phenoxy) is 1. The predicted octanol–water partition coefficient (Wildman–Crippen LogP) is 1.06. The predicted molar refractivity (Wildman–Crippen MR) is 80.0 cm³/mol. The average molecular weight is 301 g/mol. The first-order valence-corrected chi connectivity index (χ1v) is 7.79. The highest BCUT2D eigenvalue weighted by atomic mass is 32.2.